The average molecular weight is 399 g/mol. The number of hydrogen-bond acceptors (Lipinski definition) is 3. The first-order valence-corrected chi connectivity index (χ1v) is 10.4. The molecule has 1 amide bonds. The van der Waals surface area contributed by atoms with Crippen molar-refractivity contribution in [1.29, 1.82) is 0 Å². The van der Waals surface area contributed by atoms with E-state index in [0.29, 0.717) is 17.8 Å². The lowest BCUT2D eigenvalue weighted by molar-refractivity contribution is 0.0955. The monoisotopic (exact) mass is 398 g/mol. The number of aromatic amines is 1. The molecule has 0 spiro atoms. The van der Waals surface area contributed by atoms with E-state index in [9.17, 15) is 4.79 Å². The molecular weight excluding hydrogens is 372 g/mol. The number of nitrogens with zero attached hydrogens (tertiary/aromatic N) is 2. The van der Waals surface area contributed by atoms with Gasteiger partial charge in [0, 0.05) is 17.7 Å². The van der Waals surface area contributed by atoms with Gasteiger partial charge in [-0.2, -0.15) is 5.10 Å². The van der Waals surface area contributed by atoms with Crippen LogP contribution in [0.15, 0.2) is 54.6 Å². The molecule has 2 N–H and O–H groups in total. The number of aromatic nitrogens is 3. The summed E-state index contributed by atoms with van der Waals surface area (Å²) >= 11 is 0. The number of benzene rings is 2. The number of nitrogens with one attached hydrogen (secondary N) is 2. The average Bonchev–Trinajstić information content (AvgIpc) is 3.18. The number of pyridine rings is 1. The maximum Gasteiger partial charge on any atom is 0.252 e. The molecule has 0 saturated carbocycles. The van der Waals surface area contributed by atoms with Gasteiger partial charge in [-0.1, -0.05) is 73.0 Å². The van der Waals surface area contributed by atoms with Crippen LogP contribution in [0.5, 0.6) is 0 Å². The van der Waals surface area contributed by atoms with E-state index in [1.54, 1.807) is 0 Å². The molecule has 5 nitrogen and oxygen atoms in total. The molecule has 0 radical (unpaired) electrons. The Bertz CT molecular complexity index is 1170. The van der Waals surface area contributed by atoms with E-state index in [2.05, 4.69) is 48.4 Å². The molecule has 2 heterocycles. The lowest BCUT2D eigenvalue weighted by Crippen LogP contribution is -2.24. The number of unbranched alkanes of at least 4 members (excludes halogenated alkanes) is 1. The summed E-state index contributed by atoms with van der Waals surface area (Å²) in [6.07, 6.45) is 1.97. The largest absolute Gasteiger partial charge is 0.352 e. The van der Waals surface area contributed by atoms with E-state index in [1.807, 2.05) is 42.5 Å². The maximum absolute atomic E-state index is 13.1. The highest BCUT2D eigenvalue weighted by atomic mass is 16.1. The standard InChI is InChI=1S/C25H26N4O/c1-4-5-14-26-25(30)20-15-21(18-10-6-16(2)7-11-18)27-24-22(20)23(28-29-24)19-12-8-17(3)9-13-19/h6-13,15H,4-5,14H2,1-3H3,(H,26,30)(H,27,28,29). The Hall–Kier alpha value is -3.47. The van der Waals surface area contributed by atoms with Crippen LogP contribution < -0.4 is 5.32 Å². The minimum absolute atomic E-state index is 0.0982. The van der Waals surface area contributed by atoms with Gasteiger partial charge in [-0.15, -0.1) is 0 Å². The third-order valence-electron chi connectivity index (χ3n) is 5.27. The van der Waals surface area contributed by atoms with Gasteiger partial charge in [0.2, 0.25) is 0 Å². The van der Waals surface area contributed by atoms with Gasteiger partial charge in [-0.3, -0.25) is 9.89 Å². The zero-order valence-electron chi connectivity index (χ0n) is 17.6. The Morgan fingerprint density at radius 3 is 2.23 bits per heavy atom. The van der Waals surface area contributed by atoms with Crippen molar-refractivity contribution >= 4 is 16.9 Å². The van der Waals surface area contributed by atoms with Gasteiger partial charge in [-0.05, 0) is 26.3 Å². The van der Waals surface area contributed by atoms with Crippen LogP contribution in [0, 0.1) is 13.8 Å². The van der Waals surface area contributed by atoms with Gasteiger partial charge in [0.05, 0.1) is 22.3 Å². The molecule has 0 saturated heterocycles. The van der Waals surface area contributed by atoms with E-state index < -0.39 is 0 Å². The lowest BCUT2D eigenvalue weighted by atomic mass is 10.0. The number of rotatable bonds is 6. The first-order chi connectivity index (χ1) is 14.6. The van der Waals surface area contributed by atoms with Gasteiger partial charge in [0.25, 0.3) is 5.91 Å². The van der Waals surface area contributed by atoms with Gasteiger partial charge in [0.15, 0.2) is 5.65 Å². The van der Waals surface area contributed by atoms with Crippen molar-refractivity contribution in [3.8, 4) is 22.5 Å². The van der Waals surface area contributed by atoms with E-state index in [-0.39, 0.29) is 5.91 Å². The fourth-order valence-corrected chi connectivity index (χ4v) is 3.48. The van der Waals surface area contributed by atoms with E-state index in [1.165, 1.54) is 11.1 Å². The molecule has 0 bridgehead atoms. The summed E-state index contributed by atoms with van der Waals surface area (Å²) in [5, 5.41) is 11.4. The molecule has 2 aromatic carbocycles. The first kappa shape index (κ1) is 19.8. The van der Waals surface area contributed by atoms with Crippen LogP contribution in [0.4, 0.5) is 0 Å². The number of hydrogen-bond donors (Lipinski definition) is 2. The number of amides is 1. The maximum atomic E-state index is 13.1. The molecule has 30 heavy (non-hydrogen) atoms. The summed E-state index contributed by atoms with van der Waals surface area (Å²) in [6, 6.07) is 18.2. The van der Waals surface area contributed by atoms with Crippen molar-refractivity contribution in [2.24, 2.45) is 0 Å². The van der Waals surface area contributed by atoms with Crippen molar-refractivity contribution in [2.45, 2.75) is 33.6 Å². The van der Waals surface area contributed by atoms with Crippen molar-refractivity contribution in [1.82, 2.24) is 20.5 Å². The summed E-state index contributed by atoms with van der Waals surface area (Å²) in [4.78, 5) is 17.9. The molecule has 0 fully saturated rings. The number of fused-ring (bicyclic) bond motifs is 1. The lowest BCUT2D eigenvalue weighted by Gasteiger charge is -2.10. The molecular formula is C25H26N4O. The van der Waals surface area contributed by atoms with Crippen molar-refractivity contribution < 1.29 is 4.79 Å². The SMILES string of the molecule is CCCCNC(=O)c1cc(-c2ccc(C)cc2)nc2n[nH]c(-c3ccc(C)cc3)c12. The summed E-state index contributed by atoms with van der Waals surface area (Å²) in [6.45, 7) is 6.86. The summed E-state index contributed by atoms with van der Waals surface area (Å²) in [5.74, 6) is -0.0982. The van der Waals surface area contributed by atoms with Crippen LogP contribution in [0.3, 0.4) is 0 Å². The normalized spacial score (nSPS) is 11.0. The molecule has 5 heteroatoms. The molecule has 0 atom stereocenters. The quantitative estimate of drug-likeness (QED) is 0.425. The first-order valence-electron chi connectivity index (χ1n) is 10.4. The fourth-order valence-electron chi connectivity index (χ4n) is 3.48. The highest BCUT2D eigenvalue weighted by Gasteiger charge is 2.20. The van der Waals surface area contributed by atoms with Crippen molar-refractivity contribution in [2.75, 3.05) is 6.54 Å². The third kappa shape index (κ3) is 3.96. The zero-order valence-corrected chi connectivity index (χ0v) is 17.6. The van der Waals surface area contributed by atoms with Gasteiger partial charge in [-0.25, -0.2) is 4.98 Å². The van der Waals surface area contributed by atoms with Crippen LogP contribution in [0.2, 0.25) is 0 Å². The van der Waals surface area contributed by atoms with Gasteiger partial charge >= 0.3 is 0 Å². The number of aryl methyl sites for hydroxylation is 2. The Labute approximate surface area is 176 Å². The number of carbonyl (C=O) groups excluding carboxylic acids is 1. The van der Waals surface area contributed by atoms with Crippen LogP contribution in [0.1, 0.15) is 41.3 Å². The number of H-pyrrole nitrogens is 1. The Kier molecular flexibility index (Phi) is 5.61. The topological polar surface area (TPSA) is 70.7 Å². The Morgan fingerprint density at radius 1 is 0.967 bits per heavy atom. The second-order valence-electron chi connectivity index (χ2n) is 7.69. The smallest absolute Gasteiger partial charge is 0.252 e. The van der Waals surface area contributed by atoms with Crippen LogP contribution in [-0.4, -0.2) is 27.6 Å². The summed E-state index contributed by atoms with van der Waals surface area (Å²) in [7, 11) is 0. The Balaban J connectivity index is 1.87. The predicted octanol–water partition coefficient (Wildman–Crippen LogP) is 5.44. The molecule has 4 rings (SSSR count). The van der Waals surface area contributed by atoms with E-state index >= 15 is 0 Å². The molecule has 2 aromatic heterocycles. The van der Waals surface area contributed by atoms with Crippen LogP contribution >= 0.6 is 0 Å². The molecule has 0 aliphatic carbocycles. The van der Waals surface area contributed by atoms with Crippen LogP contribution in [0.25, 0.3) is 33.5 Å². The Morgan fingerprint density at radius 2 is 1.60 bits per heavy atom. The van der Waals surface area contributed by atoms with Crippen molar-refractivity contribution in [3.05, 3.63) is 71.3 Å². The highest BCUT2D eigenvalue weighted by molar-refractivity contribution is 6.10. The molecule has 4 aromatic rings. The minimum Gasteiger partial charge on any atom is -0.352 e. The van der Waals surface area contributed by atoms with Gasteiger partial charge < -0.3 is 5.32 Å². The second kappa shape index (κ2) is 8.49. The number of carbonyl (C=O) groups is 1. The summed E-state index contributed by atoms with van der Waals surface area (Å²) in [5.41, 5.74) is 7.00. The summed E-state index contributed by atoms with van der Waals surface area (Å²) < 4.78 is 0. The van der Waals surface area contributed by atoms with Crippen molar-refractivity contribution in [3.63, 3.8) is 0 Å². The van der Waals surface area contributed by atoms with Crippen LogP contribution in [-0.2, 0) is 0 Å². The van der Waals surface area contributed by atoms with Gasteiger partial charge in [0.1, 0.15) is 0 Å². The predicted molar refractivity (Wildman–Crippen MR) is 121 cm³/mol. The minimum atomic E-state index is -0.0982. The second-order valence-corrected chi connectivity index (χ2v) is 7.69. The fraction of sp³-hybridized carbons (Fsp3) is 0.240. The molecule has 152 valence electrons. The highest BCUT2D eigenvalue weighted by Crippen LogP contribution is 2.31. The zero-order chi connectivity index (χ0) is 21.1. The molecule has 0 aliphatic heterocycles. The third-order valence-corrected chi connectivity index (χ3v) is 5.27. The molecule has 0 aliphatic rings. The molecule has 0 unspecified atom stereocenters. The van der Waals surface area contributed by atoms with E-state index in [0.717, 1.165) is 40.7 Å². The van der Waals surface area contributed by atoms with E-state index in [4.69, 9.17) is 4.98 Å².